The summed E-state index contributed by atoms with van der Waals surface area (Å²) in [6, 6.07) is 2.74. The molecule has 0 aliphatic heterocycles. The molecular formula is C14H22Cl2N2O2S. The summed E-state index contributed by atoms with van der Waals surface area (Å²) >= 11 is 12.1. The van der Waals surface area contributed by atoms with E-state index >= 15 is 0 Å². The molecule has 0 aliphatic carbocycles. The van der Waals surface area contributed by atoms with Crippen LogP contribution >= 0.6 is 23.2 Å². The molecule has 0 radical (unpaired) electrons. The zero-order valence-electron chi connectivity index (χ0n) is 12.7. The van der Waals surface area contributed by atoms with E-state index in [2.05, 4.69) is 0 Å². The Kier molecular flexibility index (Phi) is 6.50. The normalized spacial score (nSPS) is 12.7. The molecule has 1 aromatic carbocycles. The number of hydrogen-bond donors (Lipinski definition) is 1. The number of nitrogens with zero attached hydrogens (tertiary/aromatic N) is 1. The summed E-state index contributed by atoms with van der Waals surface area (Å²) in [5, 5.41) is 0.494. The van der Waals surface area contributed by atoms with E-state index in [9.17, 15) is 8.42 Å². The molecule has 0 unspecified atom stereocenters. The van der Waals surface area contributed by atoms with Gasteiger partial charge in [-0.1, -0.05) is 37.0 Å². The van der Waals surface area contributed by atoms with Gasteiger partial charge in [0.25, 0.3) is 0 Å². The van der Waals surface area contributed by atoms with Gasteiger partial charge in [-0.2, -0.15) is 4.31 Å². The summed E-state index contributed by atoms with van der Waals surface area (Å²) in [7, 11) is -3.69. The minimum atomic E-state index is -3.69. The number of rotatable bonds is 6. The Bertz CT molecular complexity index is 601. The smallest absolute Gasteiger partial charge is 0.244 e. The zero-order valence-corrected chi connectivity index (χ0v) is 15.1. The fourth-order valence-electron chi connectivity index (χ4n) is 2.00. The maximum atomic E-state index is 12.9. The number of halogens is 2. The van der Waals surface area contributed by atoms with Crippen LogP contribution in [0.2, 0.25) is 10.0 Å². The van der Waals surface area contributed by atoms with Crippen molar-refractivity contribution >= 4 is 33.2 Å². The molecule has 7 heteroatoms. The molecule has 120 valence electrons. The monoisotopic (exact) mass is 352 g/mol. The standard InChI is InChI=1S/C14H22Cl2N2O2S/c1-9(2)8-18(10(3)4)21(19,20)14-5-11(7-17)12(15)6-13(14)16/h5-6,9-10H,7-8,17H2,1-4H3. The molecule has 0 fully saturated rings. The van der Waals surface area contributed by atoms with Crippen LogP contribution in [-0.4, -0.2) is 25.3 Å². The molecule has 0 aromatic heterocycles. The van der Waals surface area contributed by atoms with E-state index < -0.39 is 10.0 Å². The van der Waals surface area contributed by atoms with Crippen LogP contribution in [0.5, 0.6) is 0 Å². The maximum absolute atomic E-state index is 12.9. The summed E-state index contributed by atoms with van der Waals surface area (Å²) in [5.74, 6) is 0.210. The number of benzene rings is 1. The predicted octanol–water partition coefficient (Wildman–Crippen LogP) is 3.51. The first-order chi connectivity index (χ1) is 9.61. The number of sulfonamides is 1. The van der Waals surface area contributed by atoms with Crippen molar-refractivity contribution in [2.45, 2.75) is 45.2 Å². The van der Waals surface area contributed by atoms with E-state index in [1.807, 2.05) is 27.7 Å². The highest BCUT2D eigenvalue weighted by atomic mass is 35.5. The van der Waals surface area contributed by atoms with Crippen LogP contribution in [-0.2, 0) is 16.6 Å². The van der Waals surface area contributed by atoms with Gasteiger partial charge in [0.2, 0.25) is 10.0 Å². The molecule has 0 saturated carbocycles. The van der Waals surface area contributed by atoms with Gasteiger partial charge in [0.1, 0.15) is 4.90 Å². The second kappa shape index (κ2) is 7.29. The summed E-state index contributed by atoms with van der Waals surface area (Å²) < 4.78 is 27.2. The van der Waals surface area contributed by atoms with Crippen LogP contribution < -0.4 is 5.73 Å². The van der Waals surface area contributed by atoms with Crippen LogP contribution in [0.4, 0.5) is 0 Å². The van der Waals surface area contributed by atoms with Crippen molar-refractivity contribution in [2.24, 2.45) is 11.7 Å². The number of nitrogens with two attached hydrogens (primary N) is 1. The molecule has 0 bridgehead atoms. The molecule has 0 heterocycles. The van der Waals surface area contributed by atoms with Crippen molar-refractivity contribution in [3.63, 3.8) is 0 Å². The topological polar surface area (TPSA) is 63.4 Å². The van der Waals surface area contributed by atoms with Crippen molar-refractivity contribution in [1.82, 2.24) is 4.31 Å². The molecule has 0 atom stereocenters. The van der Waals surface area contributed by atoms with Gasteiger partial charge in [0.05, 0.1) is 5.02 Å². The van der Waals surface area contributed by atoms with Gasteiger partial charge in [-0.05, 0) is 37.5 Å². The lowest BCUT2D eigenvalue weighted by atomic mass is 10.2. The van der Waals surface area contributed by atoms with Crippen LogP contribution in [0.3, 0.4) is 0 Å². The molecule has 0 aliphatic rings. The largest absolute Gasteiger partial charge is 0.326 e. The Morgan fingerprint density at radius 3 is 2.14 bits per heavy atom. The molecule has 4 nitrogen and oxygen atoms in total. The fraction of sp³-hybridized carbons (Fsp3) is 0.571. The average Bonchev–Trinajstić information content (AvgIpc) is 2.35. The highest BCUT2D eigenvalue weighted by molar-refractivity contribution is 7.89. The van der Waals surface area contributed by atoms with Gasteiger partial charge in [0.15, 0.2) is 0 Å². The Labute approximate surface area is 137 Å². The average molecular weight is 353 g/mol. The third-order valence-electron chi connectivity index (χ3n) is 3.03. The molecule has 2 N–H and O–H groups in total. The summed E-state index contributed by atoms with van der Waals surface area (Å²) in [6.07, 6.45) is 0. The highest BCUT2D eigenvalue weighted by Crippen LogP contribution is 2.31. The lowest BCUT2D eigenvalue weighted by Crippen LogP contribution is -2.39. The van der Waals surface area contributed by atoms with Crippen molar-refractivity contribution in [3.8, 4) is 0 Å². The van der Waals surface area contributed by atoms with Gasteiger partial charge in [-0.15, -0.1) is 0 Å². The van der Waals surface area contributed by atoms with Gasteiger partial charge < -0.3 is 5.73 Å². The Balaban J connectivity index is 3.41. The lowest BCUT2D eigenvalue weighted by Gasteiger charge is -2.28. The third-order valence-corrected chi connectivity index (χ3v) is 5.89. The highest BCUT2D eigenvalue weighted by Gasteiger charge is 2.30. The van der Waals surface area contributed by atoms with Crippen LogP contribution in [0.1, 0.15) is 33.3 Å². The Morgan fingerprint density at radius 1 is 1.14 bits per heavy atom. The summed E-state index contributed by atoms with van der Waals surface area (Å²) in [4.78, 5) is 0.0587. The lowest BCUT2D eigenvalue weighted by molar-refractivity contribution is 0.319. The van der Waals surface area contributed by atoms with E-state index in [1.54, 1.807) is 0 Å². The van der Waals surface area contributed by atoms with E-state index in [0.29, 0.717) is 17.1 Å². The summed E-state index contributed by atoms with van der Waals surface area (Å²) in [5.41, 5.74) is 6.16. The molecule has 1 rings (SSSR count). The van der Waals surface area contributed by atoms with E-state index in [0.717, 1.165) is 0 Å². The minimum Gasteiger partial charge on any atom is -0.326 e. The zero-order chi connectivity index (χ0) is 16.4. The number of hydrogen-bond acceptors (Lipinski definition) is 3. The molecule has 0 amide bonds. The molecule has 0 saturated heterocycles. The minimum absolute atomic E-state index is 0.0587. The Hall–Kier alpha value is -0.330. The van der Waals surface area contributed by atoms with Gasteiger partial charge in [0, 0.05) is 24.2 Å². The quantitative estimate of drug-likeness (QED) is 0.851. The van der Waals surface area contributed by atoms with Crippen molar-refractivity contribution in [1.29, 1.82) is 0 Å². The molecule has 0 spiro atoms. The van der Waals surface area contributed by atoms with E-state index in [1.165, 1.54) is 16.4 Å². The molecular weight excluding hydrogens is 331 g/mol. The van der Waals surface area contributed by atoms with Crippen molar-refractivity contribution < 1.29 is 8.42 Å². The Morgan fingerprint density at radius 2 is 1.71 bits per heavy atom. The van der Waals surface area contributed by atoms with Crippen LogP contribution in [0.25, 0.3) is 0 Å². The second-order valence-corrected chi connectivity index (χ2v) is 8.31. The third kappa shape index (κ3) is 4.33. The first kappa shape index (κ1) is 18.7. The molecule has 1 aromatic rings. The summed E-state index contributed by atoms with van der Waals surface area (Å²) in [6.45, 7) is 8.21. The first-order valence-electron chi connectivity index (χ1n) is 6.81. The molecule has 21 heavy (non-hydrogen) atoms. The van der Waals surface area contributed by atoms with Crippen molar-refractivity contribution in [3.05, 3.63) is 27.7 Å². The second-order valence-electron chi connectivity index (χ2n) is 5.64. The van der Waals surface area contributed by atoms with E-state index in [-0.39, 0.29) is 28.4 Å². The fourth-order valence-corrected chi connectivity index (χ4v) is 4.65. The van der Waals surface area contributed by atoms with Gasteiger partial charge in [-0.25, -0.2) is 8.42 Å². The first-order valence-corrected chi connectivity index (χ1v) is 9.00. The van der Waals surface area contributed by atoms with Gasteiger partial charge in [-0.3, -0.25) is 0 Å². The van der Waals surface area contributed by atoms with Crippen LogP contribution in [0.15, 0.2) is 17.0 Å². The maximum Gasteiger partial charge on any atom is 0.244 e. The predicted molar refractivity (Wildman–Crippen MR) is 88.2 cm³/mol. The SMILES string of the molecule is CC(C)CN(C(C)C)S(=O)(=O)c1cc(CN)c(Cl)cc1Cl. The van der Waals surface area contributed by atoms with Crippen LogP contribution in [0, 0.1) is 5.92 Å². The van der Waals surface area contributed by atoms with E-state index in [4.69, 9.17) is 28.9 Å². The van der Waals surface area contributed by atoms with Crippen molar-refractivity contribution in [2.75, 3.05) is 6.54 Å². The van der Waals surface area contributed by atoms with Gasteiger partial charge >= 0.3 is 0 Å².